The van der Waals surface area contributed by atoms with E-state index in [9.17, 15) is 27.2 Å². The number of halogens is 4. The van der Waals surface area contributed by atoms with Crippen LogP contribution in [0.25, 0.3) is 10.9 Å². The third-order valence-corrected chi connectivity index (χ3v) is 3.80. The Hall–Kier alpha value is -3.16. The van der Waals surface area contributed by atoms with Crippen LogP contribution in [0.5, 0.6) is 0 Å². The van der Waals surface area contributed by atoms with E-state index >= 15 is 0 Å². The van der Waals surface area contributed by atoms with Crippen molar-refractivity contribution in [2.24, 2.45) is 0 Å². The summed E-state index contributed by atoms with van der Waals surface area (Å²) in [6.45, 7) is 1.25. The van der Waals surface area contributed by atoms with E-state index in [1.54, 1.807) is 0 Å². The molecule has 0 radical (unpaired) electrons. The van der Waals surface area contributed by atoms with Gasteiger partial charge in [0.15, 0.2) is 0 Å². The summed E-state index contributed by atoms with van der Waals surface area (Å²) in [5, 5.41) is 2.68. The minimum absolute atomic E-state index is 0.0457. The molecule has 3 rings (SSSR count). The quantitative estimate of drug-likeness (QED) is 0.670. The molecule has 1 amide bonds. The molecule has 26 heavy (non-hydrogen) atoms. The molecule has 0 unspecified atom stereocenters. The van der Waals surface area contributed by atoms with Gasteiger partial charge in [0, 0.05) is 24.2 Å². The molecule has 0 fully saturated rings. The normalized spacial score (nSPS) is 11.6. The number of rotatable bonds is 2. The summed E-state index contributed by atoms with van der Waals surface area (Å²) < 4.78 is 52.9. The van der Waals surface area contributed by atoms with Gasteiger partial charge in [0.1, 0.15) is 5.82 Å². The largest absolute Gasteiger partial charge is 0.416 e. The highest BCUT2D eigenvalue weighted by Crippen LogP contribution is 2.31. The molecule has 0 saturated carbocycles. The Morgan fingerprint density at radius 2 is 1.81 bits per heavy atom. The Kier molecular flexibility index (Phi) is 4.27. The Bertz CT molecular complexity index is 1020. The molecule has 0 atom stereocenters. The first-order chi connectivity index (χ1) is 12.2. The maximum Gasteiger partial charge on any atom is 0.416 e. The third kappa shape index (κ3) is 3.30. The molecule has 134 valence electrons. The Morgan fingerprint density at radius 1 is 1.08 bits per heavy atom. The molecule has 3 aromatic rings. The van der Waals surface area contributed by atoms with Crippen molar-refractivity contribution in [2.75, 3.05) is 5.32 Å². The zero-order valence-electron chi connectivity index (χ0n) is 13.4. The summed E-state index contributed by atoms with van der Waals surface area (Å²) in [5.41, 5.74) is -0.696. The van der Waals surface area contributed by atoms with Crippen molar-refractivity contribution in [1.29, 1.82) is 0 Å². The number of amides is 1. The van der Waals surface area contributed by atoms with Crippen molar-refractivity contribution in [3.63, 3.8) is 0 Å². The minimum Gasteiger partial charge on any atom is -0.322 e. The summed E-state index contributed by atoms with van der Waals surface area (Å²) in [4.78, 5) is 24.2. The highest BCUT2D eigenvalue weighted by atomic mass is 19.4. The number of anilines is 1. The predicted octanol–water partition coefficient (Wildman–Crippen LogP) is 4.71. The standard InChI is InChI=1S/C18H12F4N2O2/c1-10(25)24-9-15(14-6-5-12(19)8-16(14)24)17(26)23-13-4-2-3-11(7-13)18(20,21)22/h2-9H,1H3,(H,23,26). The minimum atomic E-state index is -4.54. The molecule has 0 aliphatic carbocycles. The van der Waals surface area contributed by atoms with Crippen LogP contribution in [0.1, 0.15) is 27.6 Å². The van der Waals surface area contributed by atoms with Crippen LogP contribution in [-0.4, -0.2) is 16.4 Å². The van der Waals surface area contributed by atoms with Crippen molar-refractivity contribution in [2.45, 2.75) is 13.1 Å². The maximum absolute atomic E-state index is 13.5. The van der Waals surface area contributed by atoms with E-state index in [0.29, 0.717) is 5.39 Å². The smallest absolute Gasteiger partial charge is 0.322 e. The number of hydrogen-bond donors (Lipinski definition) is 1. The van der Waals surface area contributed by atoms with E-state index in [0.717, 1.165) is 28.8 Å². The van der Waals surface area contributed by atoms with Crippen molar-refractivity contribution >= 4 is 28.4 Å². The van der Waals surface area contributed by atoms with Gasteiger partial charge >= 0.3 is 6.18 Å². The molecule has 0 aliphatic rings. The van der Waals surface area contributed by atoms with Gasteiger partial charge in [0.2, 0.25) is 5.91 Å². The Balaban J connectivity index is 2.00. The molecule has 0 spiro atoms. The van der Waals surface area contributed by atoms with E-state index in [1.165, 1.54) is 31.3 Å². The van der Waals surface area contributed by atoms with Gasteiger partial charge in [-0.25, -0.2) is 4.39 Å². The number of hydrogen-bond acceptors (Lipinski definition) is 2. The summed E-state index contributed by atoms with van der Waals surface area (Å²) >= 11 is 0. The van der Waals surface area contributed by atoms with E-state index in [4.69, 9.17) is 0 Å². The van der Waals surface area contributed by atoms with Gasteiger partial charge in [-0.1, -0.05) is 6.07 Å². The number of carbonyl (C=O) groups excluding carboxylic acids is 2. The molecule has 0 bridgehead atoms. The molecule has 1 aromatic heterocycles. The average molecular weight is 364 g/mol. The van der Waals surface area contributed by atoms with Gasteiger partial charge in [-0.15, -0.1) is 0 Å². The van der Waals surface area contributed by atoms with Crippen LogP contribution in [0.2, 0.25) is 0 Å². The number of aromatic nitrogens is 1. The van der Waals surface area contributed by atoms with Crippen molar-refractivity contribution in [3.8, 4) is 0 Å². The second-order valence-corrected chi connectivity index (χ2v) is 5.63. The van der Waals surface area contributed by atoms with Crippen LogP contribution < -0.4 is 5.32 Å². The van der Waals surface area contributed by atoms with Crippen molar-refractivity contribution in [1.82, 2.24) is 4.57 Å². The van der Waals surface area contributed by atoms with Gasteiger partial charge < -0.3 is 5.32 Å². The van der Waals surface area contributed by atoms with Gasteiger partial charge in [-0.2, -0.15) is 13.2 Å². The van der Waals surface area contributed by atoms with Crippen LogP contribution in [-0.2, 0) is 6.18 Å². The molecule has 1 heterocycles. The summed E-state index contributed by atoms with van der Waals surface area (Å²) in [5.74, 6) is -1.72. The van der Waals surface area contributed by atoms with E-state index < -0.39 is 29.4 Å². The Morgan fingerprint density at radius 3 is 2.46 bits per heavy atom. The van der Waals surface area contributed by atoms with E-state index in [-0.39, 0.29) is 16.8 Å². The molecule has 0 saturated heterocycles. The number of nitrogens with one attached hydrogen (secondary N) is 1. The second-order valence-electron chi connectivity index (χ2n) is 5.63. The number of nitrogens with zero attached hydrogens (tertiary/aromatic N) is 1. The SMILES string of the molecule is CC(=O)n1cc(C(=O)Nc2cccc(C(F)(F)F)c2)c2ccc(F)cc21. The van der Waals surface area contributed by atoms with Crippen molar-refractivity contribution in [3.05, 3.63) is 65.6 Å². The van der Waals surface area contributed by atoms with Gasteiger partial charge in [-0.3, -0.25) is 14.2 Å². The summed E-state index contributed by atoms with van der Waals surface area (Å²) in [6, 6.07) is 7.77. The fraction of sp³-hybridized carbons (Fsp3) is 0.111. The lowest BCUT2D eigenvalue weighted by Gasteiger charge is -2.09. The first-order valence-electron chi connectivity index (χ1n) is 7.47. The zero-order chi connectivity index (χ0) is 19.1. The number of carbonyl (C=O) groups is 2. The summed E-state index contributed by atoms with van der Waals surface area (Å²) in [7, 11) is 0. The molecular weight excluding hydrogens is 352 g/mol. The van der Waals surface area contributed by atoms with Crippen LogP contribution >= 0.6 is 0 Å². The third-order valence-electron chi connectivity index (χ3n) is 3.80. The van der Waals surface area contributed by atoms with Crippen LogP contribution in [0.4, 0.5) is 23.2 Å². The fourth-order valence-corrected chi connectivity index (χ4v) is 2.61. The first-order valence-corrected chi connectivity index (χ1v) is 7.47. The molecule has 0 aliphatic heterocycles. The monoisotopic (exact) mass is 364 g/mol. The topological polar surface area (TPSA) is 51.1 Å². The molecule has 8 heteroatoms. The fourth-order valence-electron chi connectivity index (χ4n) is 2.61. The maximum atomic E-state index is 13.5. The second kappa shape index (κ2) is 6.29. The number of alkyl halides is 3. The lowest BCUT2D eigenvalue weighted by molar-refractivity contribution is -0.137. The predicted molar refractivity (Wildman–Crippen MR) is 87.6 cm³/mol. The van der Waals surface area contributed by atoms with Crippen LogP contribution in [0.3, 0.4) is 0 Å². The van der Waals surface area contributed by atoms with Gasteiger partial charge in [0.05, 0.1) is 16.6 Å². The molecule has 4 nitrogen and oxygen atoms in total. The van der Waals surface area contributed by atoms with Gasteiger partial charge in [-0.05, 0) is 36.4 Å². The lowest BCUT2D eigenvalue weighted by Crippen LogP contribution is -2.13. The zero-order valence-corrected chi connectivity index (χ0v) is 13.4. The number of fused-ring (bicyclic) bond motifs is 1. The number of benzene rings is 2. The highest BCUT2D eigenvalue weighted by Gasteiger charge is 2.30. The van der Waals surface area contributed by atoms with E-state index in [1.807, 2.05) is 0 Å². The molecule has 2 aromatic carbocycles. The Labute approximate surface area is 145 Å². The van der Waals surface area contributed by atoms with E-state index in [2.05, 4.69) is 5.32 Å². The van der Waals surface area contributed by atoms with Crippen LogP contribution in [0, 0.1) is 5.82 Å². The molecule has 1 N–H and O–H groups in total. The summed E-state index contributed by atoms with van der Waals surface area (Å²) in [6.07, 6.45) is -3.31. The van der Waals surface area contributed by atoms with Gasteiger partial charge in [0.25, 0.3) is 5.91 Å². The highest BCUT2D eigenvalue weighted by molar-refractivity contribution is 6.14. The lowest BCUT2D eigenvalue weighted by atomic mass is 10.1. The van der Waals surface area contributed by atoms with Crippen LogP contribution in [0.15, 0.2) is 48.7 Å². The molecular formula is C18H12F4N2O2. The van der Waals surface area contributed by atoms with Crippen molar-refractivity contribution < 1.29 is 27.2 Å². The average Bonchev–Trinajstić information content (AvgIpc) is 2.93. The first kappa shape index (κ1) is 17.7.